The number of nitrogens with zero attached hydrogens (tertiary/aromatic N) is 1. The molecule has 3 unspecified atom stereocenters. The highest BCUT2D eigenvalue weighted by Crippen LogP contribution is 2.24. The molecule has 0 saturated carbocycles. The summed E-state index contributed by atoms with van der Waals surface area (Å²) in [5, 5.41) is 2.81. The Bertz CT molecular complexity index is 472. The van der Waals surface area contributed by atoms with Gasteiger partial charge in [-0.2, -0.15) is 0 Å². The molecule has 1 aliphatic heterocycles. The van der Waals surface area contributed by atoms with Crippen LogP contribution in [0.15, 0.2) is 30.3 Å². The van der Waals surface area contributed by atoms with Gasteiger partial charge in [0.2, 0.25) is 5.91 Å². The molecular weight excluding hydrogens is 240 g/mol. The maximum Gasteiger partial charge on any atom is 0.250 e. The van der Waals surface area contributed by atoms with Gasteiger partial charge in [0.25, 0.3) is 5.91 Å². The molecule has 2 rings (SSSR count). The number of nitrogens with one attached hydrogen (secondary N) is 1. The van der Waals surface area contributed by atoms with Crippen LogP contribution in [0.2, 0.25) is 0 Å². The van der Waals surface area contributed by atoms with Crippen molar-refractivity contribution >= 4 is 11.8 Å². The zero-order chi connectivity index (χ0) is 14.0. The third-order valence-corrected chi connectivity index (χ3v) is 3.78. The van der Waals surface area contributed by atoms with E-state index in [0.29, 0.717) is 0 Å². The van der Waals surface area contributed by atoms with E-state index >= 15 is 0 Å². The van der Waals surface area contributed by atoms with Crippen LogP contribution < -0.4 is 5.32 Å². The summed E-state index contributed by atoms with van der Waals surface area (Å²) < 4.78 is 0. The molecule has 1 aliphatic rings. The van der Waals surface area contributed by atoms with Crippen LogP contribution in [0, 0.1) is 0 Å². The number of hydrogen-bond acceptors (Lipinski definition) is 2. The first kappa shape index (κ1) is 13.6. The number of amides is 2. The fourth-order valence-corrected chi connectivity index (χ4v) is 2.46. The lowest BCUT2D eigenvalue weighted by Crippen LogP contribution is -2.60. The number of hydrogen-bond donors (Lipinski definition) is 1. The Morgan fingerprint density at radius 1 is 1.26 bits per heavy atom. The average molecular weight is 260 g/mol. The van der Waals surface area contributed by atoms with Crippen LogP contribution in [0.4, 0.5) is 0 Å². The Morgan fingerprint density at radius 3 is 2.47 bits per heavy atom. The maximum absolute atomic E-state index is 12.6. The second-order valence-electron chi connectivity index (χ2n) is 5.03. The zero-order valence-electron chi connectivity index (χ0n) is 11.6. The first-order valence-electron chi connectivity index (χ1n) is 6.73. The first-order valence-corrected chi connectivity index (χ1v) is 6.73. The molecule has 4 heteroatoms. The quantitative estimate of drug-likeness (QED) is 0.902. The molecule has 0 aromatic heterocycles. The zero-order valence-corrected chi connectivity index (χ0v) is 11.6. The molecule has 1 aromatic carbocycles. The lowest BCUT2D eigenvalue weighted by Gasteiger charge is -2.40. The van der Waals surface area contributed by atoms with E-state index in [0.717, 1.165) is 12.0 Å². The van der Waals surface area contributed by atoms with E-state index in [1.807, 2.05) is 44.2 Å². The van der Waals surface area contributed by atoms with E-state index in [1.165, 1.54) is 0 Å². The van der Waals surface area contributed by atoms with Gasteiger partial charge in [0.05, 0.1) is 0 Å². The molecule has 0 radical (unpaired) electrons. The van der Waals surface area contributed by atoms with E-state index in [4.69, 9.17) is 0 Å². The topological polar surface area (TPSA) is 49.4 Å². The van der Waals surface area contributed by atoms with Crippen molar-refractivity contribution in [1.29, 1.82) is 0 Å². The van der Waals surface area contributed by atoms with Crippen LogP contribution in [-0.4, -0.2) is 28.8 Å². The highest BCUT2D eigenvalue weighted by atomic mass is 16.2. The van der Waals surface area contributed by atoms with E-state index in [1.54, 1.807) is 11.8 Å². The van der Waals surface area contributed by atoms with Gasteiger partial charge in [-0.3, -0.25) is 9.59 Å². The van der Waals surface area contributed by atoms with Gasteiger partial charge >= 0.3 is 0 Å². The van der Waals surface area contributed by atoms with Crippen LogP contribution in [0.25, 0.3) is 0 Å². The van der Waals surface area contributed by atoms with Crippen molar-refractivity contribution in [3.8, 4) is 0 Å². The number of piperazine rings is 1. The Morgan fingerprint density at radius 2 is 1.89 bits per heavy atom. The van der Waals surface area contributed by atoms with Crippen LogP contribution in [0.1, 0.15) is 38.8 Å². The van der Waals surface area contributed by atoms with Crippen molar-refractivity contribution < 1.29 is 9.59 Å². The minimum absolute atomic E-state index is 0.0207. The molecule has 3 atom stereocenters. The molecule has 1 fully saturated rings. The van der Waals surface area contributed by atoms with Crippen molar-refractivity contribution in [3.05, 3.63) is 35.9 Å². The van der Waals surface area contributed by atoms with Crippen molar-refractivity contribution in [2.75, 3.05) is 0 Å². The maximum atomic E-state index is 12.6. The van der Waals surface area contributed by atoms with Crippen molar-refractivity contribution in [1.82, 2.24) is 10.2 Å². The third-order valence-electron chi connectivity index (χ3n) is 3.78. The Labute approximate surface area is 113 Å². The molecule has 19 heavy (non-hydrogen) atoms. The third kappa shape index (κ3) is 2.48. The summed E-state index contributed by atoms with van der Waals surface area (Å²) in [6.07, 6.45) is 0.838. The number of carbonyl (C=O) groups excluding carboxylic acids is 2. The van der Waals surface area contributed by atoms with Crippen molar-refractivity contribution in [2.45, 2.75) is 45.3 Å². The van der Waals surface area contributed by atoms with Gasteiger partial charge in [-0.05, 0) is 25.8 Å². The molecule has 102 valence electrons. The number of carbonyl (C=O) groups is 2. The van der Waals surface area contributed by atoms with Gasteiger partial charge in [-0.25, -0.2) is 0 Å². The SMILES string of the molecule is CCC(C)N1C(=O)C(c2ccccc2)NC(=O)C1C. The second-order valence-corrected chi connectivity index (χ2v) is 5.03. The fraction of sp³-hybridized carbons (Fsp3) is 0.467. The minimum Gasteiger partial charge on any atom is -0.339 e. The molecule has 1 heterocycles. The monoisotopic (exact) mass is 260 g/mol. The predicted molar refractivity (Wildman–Crippen MR) is 73.4 cm³/mol. The number of rotatable bonds is 3. The first-order chi connectivity index (χ1) is 9.06. The largest absolute Gasteiger partial charge is 0.339 e. The summed E-state index contributed by atoms with van der Waals surface area (Å²) in [4.78, 5) is 26.3. The molecule has 0 spiro atoms. The van der Waals surface area contributed by atoms with Crippen molar-refractivity contribution in [2.24, 2.45) is 0 Å². The molecule has 1 N–H and O–H groups in total. The summed E-state index contributed by atoms with van der Waals surface area (Å²) in [5.74, 6) is -0.110. The second kappa shape index (κ2) is 5.43. The van der Waals surface area contributed by atoms with Crippen LogP contribution in [0.5, 0.6) is 0 Å². The molecule has 0 bridgehead atoms. The lowest BCUT2D eigenvalue weighted by molar-refractivity contribution is -0.151. The van der Waals surface area contributed by atoms with Gasteiger partial charge in [-0.1, -0.05) is 37.3 Å². The van der Waals surface area contributed by atoms with E-state index < -0.39 is 12.1 Å². The fourth-order valence-electron chi connectivity index (χ4n) is 2.46. The van der Waals surface area contributed by atoms with Gasteiger partial charge in [0.15, 0.2) is 0 Å². The van der Waals surface area contributed by atoms with E-state index in [9.17, 15) is 9.59 Å². The van der Waals surface area contributed by atoms with E-state index in [2.05, 4.69) is 5.32 Å². The Kier molecular flexibility index (Phi) is 3.88. The Hall–Kier alpha value is -1.84. The summed E-state index contributed by atoms with van der Waals surface area (Å²) in [7, 11) is 0. The minimum atomic E-state index is -0.557. The normalized spacial score (nSPS) is 25.1. The molecule has 1 saturated heterocycles. The predicted octanol–water partition coefficient (Wildman–Crippen LogP) is 1.87. The Balaban J connectivity index is 2.32. The molecule has 1 aromatic rings. The van der Waals surface area contributed by atoms with Gasteiger partial charge in [0, 0.05) is 6.04 Å². The molecule has 4 nitrogen and oxygen atoms in total. The smallest absolute Gasteiger partial charge is 0.250 e. The summed E-state index contributed by atoms with van der Waals surface area (Å²) in [5.41, 5.74) is 0.834. The van der Waals surface area contributed by atoms with Crippen molar-refractivity contribution in [3.63, 3.8) is 0 Å². The van der Waals surface area contributed by atoms with Gasteiger partial charge in [-0.15, -0.1) is 0 Å². The summed E-state index contributed by atoms with van der Waals surface area (Å²) in [6, 6.07) is 8.50. The highest BCUT2D eigenvalue weighted by Gasteiger charge is 2.40. The van der Waals surface area contributed by atoms with Gasteiger partial charge < -0.3 is 10.2 Å². The van der Waals surface area contributed by atoms with Crippen LogP contribution >= 0.6 is 0 Å². The molecule has 2 amide bonds. The average Bonchev–Trinajstić information content (AvgIpc) is 2.43. The standard InChI is InChI=1S/C15H20N2O2/c1-4-10(2)17-11(3)14(18)16-13(15(17)19)12-8-6-5-7-9-12/h5-11,13H,4H2,1-3H3,(H,16,18). The molecular formula is C15H20N2O2. The highest BCUT2D eigenvalue weighted by molar-refractivity contribution is 5.97. The van der Waals surface area contributed by atoms with Crippen LogP contribution in [0.3, 0.4) is 0 Å². The lowest BCUT2D eigenvalue weighted by atomic mass is 9.99. The molecule has 0 aliphatic carbocycles. The summed E-state index contributed by atoms with van der Waals surface area (Å²) in [6.45, 7) is 5.78. The van der Waals surface area contributed by atoms with Crippen LogP contribution in [-0.2, 0) is 9.59 Å². The number of benzene rings is 1. The summed E-state index contributed by atoms with van der Waals surface area (Å²) >= 11 is 0. The van der Waals surface area contributed by atoms with E-state index in [-0.39, 0.29) is 17.9 Å². The van der Waals surface area contributed by atoms with Gasteiger partial charge in [0.1, 0.15) is 12.1 Å².